The van der Waals surface area contributed by atoms with E-state index in [2.05, 4.69) is 5.32 Å². The number of ether oxygens (including phenoxy) is 1. The Balaban J connectivity index is 1.90. The average molecular weight is 499 g/mol. The van der Waals surface area contributed by atoms with E-state index in [4.69, 9.17) is 27.9 Å². The van der Waals surface area contributed by atoms with Gasteiger partial charge < -0.3 is 15.0 Å². The van der Waals surface area contributed by atoms with Gasteiger partial charge in [0, 0.05) is 29.1 Å². The van der Waals surface area contributed by atoms with Crippen molar-refractivity contribution in [1.29, 1.82) is 0 Å². The van der Waals surface area contributed by atoms with E-state index in [1.807, 2.05) is 56.3 Å². The van der Waals surface area contributed by atoms with Gasteiger partial charge in [-0.15, -0.1) is 0 Å². The van der Waals surface area contributed by atoms with Crippen LogP contribution in [-0.4, -0.2) is 35.4 Å². The SMILES string of the molecule is CC(C)NC(=O)C(Cc1ccccc1)N(Cc1cccc(Cl)c1)C(=O)COc1ccc(Cl)cc1. The summed E-state index contributed by atoms with van der Waals surface area (Å²) >= 11 is 12.1. The summed E-state index contributed by atoms with van der Waals surface area (Å²) in [5.41, 5.74) is 1.77. The predicted octanol–water partition coefficient (Wildman–Crippen LogP) is 5.54. The maximum absolute atomic E-state index is 13.5. The van der Waals surface area contributed by atoms with Gasteiger partial charge in [0.2, 0.25) is 5.91 Å². The molecule has 0 saturated carbocycles. The van der Waals surface area contributed by atoms with E-state index in [9.17, 15) is 9.59 Å². The highest BCUT2D eigenvalue weighted by atomic mass is 35.5. The topological polar surface area (TPSA) is 58.6 Å². The molecule has 5 nitrogen and oxygen atoms in total. The van der Waals surface area contributed by atoms with Crippen LogP contribution in [0, 0.1) is 0 Å². The van der Waals surface area contributed by atoms with Gasteiger partial charge >= 0.3 is 0 Å². The van der Waals surface area contributed by atoms with Crippen molar-refractivity contribution in [2.24, 2.45) is 0 Å². The first kappa shape index (κ1) is 25.6. The molecule has 3 rings (SSSR count). The highest BCUT2D eigenvalue weighted by molar-refractivity contribution is 6.30. The molecule has 0 fully saturated rings. The minimum atomic E-state index is -0.731. The number of rotatable bonds is 10. The van der Waals surface area contributed by atoms with Crippen molar-refractivity contribution >= 4 is 35.0 Å². The number of hydrogen-bond donors (Lipinski definition) is 1. The molecule has 0 radical (unpaired) electrons. The maximum atomic E-state index is 13.5. The number of nitrogens with one attached hydrogen (secondary N) is 1. The van der Waals surface area contributed by atoms with Crippen LogP contribution in [0.4, 0.5) is 0 Å². The van der Waals surface area contributed by atoms with Gasteiger partial charge in [-0.25, -0.2) is 0 Å². The second-order valence-electron chi connectivity index (χ2n) is 8.26. The first-order chi connectivity index (χ1) is 16.3. The number of amides is 2. The van der Waals surface area contributed by atoms with Crippen molar-refractivity contribution in [2.45, 2.75) is 38.9 Å². The molecule has 34 heavy (non-hydrogen) atoms. The first-order valence-electron chi connectivity index (χ1n) is 11.1. The molecular formula is C27H28Cl2N2O3. The number of benzene rings is 3. The van der Waals surface area contributed by atoms with Crippen molar-refractivity contribution in [3.05, 3.63) is 100 Å². The highest BCUT2D eigenvalue weighted by Gasteiger charge is 2.31. The van der Waals surface area contributed by atoms with Gasteiger partial charge in [-0.1, -0.05) is 65.7 Å². The lowest BCUT2D eigenvalue weighted by atomic mass is 10.0. The van der Waals surface area contributed by atoms with E-state index >= 15 is 0 Å². The van der Waals surface area contributed by atoms with Crippen molar-refractivity contribution < 1.29 is 14.3 Å². The van der Waals surface area contributed by atoms with Gasteiger partial charge in [0.25, 0.3) is 5.91 Å². The molecule has 3 aromatic rings. The lowest BCUT2D eigenvalue weighted by Gasteiger charge is -2.32. The number of hydrogen-bond acceptors (Lipinski definition) is 3. The van der Waals surface area contributed by atoms with Crippen molar-refractivity contribution in [3.63, 3.8) is 0 Å². The van der Waals surface area contributed by atoms with E-state index in [1.54, 1.807) is 41.3 Å². The molecule has 0 aromatic heterocycles. The average Bonchev–Trinajstić information content (AvgIpc) is 2.81. The zero-order chi connectivity index (χ0) is 24.5. The molecule has 0 spiro atoms. The Morgan fingerprint density at radius 3 is 2.21 bits per heavy atom. The zero-order valence-corrected chi connectivity index (χ0v) is 20.7. The second kappa shape index (κ2) is 12.4. The van der Waals surface area contributed by atoms with Crippen LogP contribution >= 0.6 is 23.2 Å². The summed E-state index contributed by atoms with van der Waals surface area (Å²) in [6, 6.07) is 22.9. The Morgan fingerprint density at radius 2 is 1.56 bits per heavy atom. The molecule has 3 aromatic carbocycles. The molecule has 0 saturated heterocycles. The summed E-state index contributed by atoms with van der Waals surface area (Å²) in [4.78, 5) is 28.3. The third kappa shape index (κ3) is 7.79. The summed E-state index contributed by atoms with van der Waals surface area (Å²) in [6.45, 7) is 3.78. The Labute approximate surface area is 210 Å². The molecule has 7 heteroatoms. The molecule has 0 bridgehead atoms. The van der Waals surface area contributed by atoms with Gasteiger partial charge in [-0.2, -0.15) is 0 Å². The summed E-state index contributed by atoms with van der Waals surface area (Å²) < 4.78 is 5.72. The van der Waals surface area contributed by atoms with Crippen LogP contribution in [0.25, 0.3) is 0 Å². The molecule has 178 valence electrons. The Morgan fingerprint density at radius 1 is 0.882 bits per heavy atom. The van der Waals surface area contributed by atoms with Gasteiger partial charge in [0.1, 0.15) is 11.8 Å². The molecule has 0 aliphatic heterocycles. The fourth-order valence-electron chi connectivity index (χ4n) is 3.53. The summed E-state index contributed by atoms with van der Waals surface area (Å²) in [7, 11) is 0. The standard InChI is InChI=1S/C27H28Cl2N2O3/c1-19(2)30-27(33)25(16-20-7-4-3-5-8-20)31(17-21-9-6-10-23(29)15-21)26(32)18-34-24-13-11-22(28)12-14-24/h3-15,19,25H,16-18H2,1-2H3,(H,30,33). The van der Waals surface area contributed by atoms with Gasteiger partial charge in [0.15, 0.2) is 6.61 Å². The predicted molar refractivity (Wildman–Crippen MR) is 136 cm³/mol. The van der Waals surface area contributed by atoms with E-state index < -0.39 is 6.04 Å². The van der Waals surface area contributed by atoms with E-state index in [1.165, 1.54) is 0 Å². The second-order valence-corrected chi connectivity index (χ2v) is 9.14. The van der Waals surface area contributed by atoms with Crippen molar-refractivity contribution in [1.82, 2.24) is 10.2 Å². The normalized spacial score (nSPS) is 11.7. The van der Waals surface area contributed by atoms with Crippen LogP contribution in [0.15, 0.2) is 78.9 Å². The van der Waals surface area contributed by atoms with Crippen LogP contribution in [-0.2, 0) is 22.6 Å². The van der Waals surface area contributed by atoms with Crippen LogP contribution < -0.4 is 10.1 Å². The quantitative estimate of drug-likeness (QED) is 0.399. The first-order valence-corrected chi connectivity index (χ1v) is 11.8. The summed E-state index contributed by atoms with van der Waals surface area (Å²) in [5, 5.41) is 4.10. The number of carbonyl (C=O) groups is 2. The molecule has 0 heterocycles. The van der Waals surface area contributed by atoms with Crippen LogP contribution in [0.1, 0.15) is 25.0 Å². The Bertz CT molecular complexity index is 1090. The molecule has 1 unspecified atom stereocenters. The minimum absolute atomic E-state index is 0.0702. The van der Waals surface area contributed by atoms with Crippen molar-refractivity contribution in [3.8, 4) is 5.75 Å². The lowest BCUT2D eigenvalue weighted by molar-refractivity contribution is -0.143. The summed E-state index contributed by atoms with van der Waals surface area (Å²) in [6.07, 6.45) is 0.368. The maximum Gasteiger partial charge on any atom is 0.261 e. The fraction of sp³-hybridized carbons (Fsp3) is 0.259. The molecule has 2 amide bonds. The molecular weight excluding hydrogens is 471 g/mol. The molecule has 0 aliphatic carbocycles. The largest absolute Gasteiger partial charge is 0.484 e. The van der Waals surface area contributed by atoms with Crippen LogP contribution in [0.5, 0.6) is 5.75 Å². The lowest BCUT2D eigenvalue weighted by Crippen LogP contribution is -2.52. The van der Waals surface area contributed by atoms with E-state index in [0.717, 1.165) is 11.1 Å². The van der Waals surface area contributed by atoms with Gasteiger partial charge in [-0.05, 0) is 61.4 Å². The third-order valence-corrected chi connectivity index (χ3v) is 5.61. The van der Waals surface area contributed by atoms with Crippen molar-refractivity contribution in [2.75, 3.05) is 6.61 Å². The third-order valence-electron chi connectivity index (χ3n) is 5.12. The number of carbonyl (C=O) groups excluding carboxylic acids is 2. The number of nitrogens with zero attached hydrogens (tertiary/aromatic N) is 1. The van der Waals surface area contributed by atoms with Crippen LogP contribution in [0.3, 0.4) is 0 Å². The number of halogens is 2. The van der Waals surface area contributed by atoms with E-state index in [-0.39, 0.29) is 31.0 Å². The minimum Gasteiger partial charge on any atom is -0.484 e. The Kier molecular flexibility index (Phi) is 9.37. The monoisotopic (exact) mass is 498 g/mol. The molecule has 1 N–H and O–H groups in total. The highest BCUT2D eigenvalue weighted by Crippen LogP contribution is 2.19. The summed E-state index contributed by atoms with van der Waals surface area (Å²) in [5.74, 6) is -0.0119. The van der Waals surface area contributed by atoms with Crippen LogP contribution in [0.2, 0.25) is 10.0 Å². The molecule has 0 aliphatic rings. The molecule has 1 atom stereocenters. The Hall–Kier alpha value is -3.02. The smallest absolute Gasteiger partial charge is 0.261 e. The van der Waals surface area contributed by atoms with Gasteiger partial charge in [-0.3, -0.25) is 9.59 Å². The fourth-order valence-corrected chi connectivity index (χ4v) is 3.86. The zero-order valence-electron chi connectivity index (χ0n) is 19.2. The van der Waals surface area contributed by atoms with Gasteiger partial charge in [0.05, 0.1) is 0 Å². The van der Waals surface area contributed by atoms with E-state index in [0.29, 0.717) is 22.2 Å².